The Balaban J connectivity index is 1.62. The highest BCUT2D eigenvalue weighted by molar-refractivity contribution is 7.62. The van der Waals surface area contributed by atoms with Crippen molar-refractivity contribution in [1.82, 2.24) is 34.7 Å². The molecule has 2 aromatic carbocycles. The Hall–Kier alpha value is -3.30. The number of tetrazole rings is 1. The molecule has 0 fully saturated rings. The van der Waals surface area contributed by atoms with Gasteiger partial charge in [0.2, 0.25) is 5.82 Å². The van der Waals surface area contributed by atoms with Crippen molar-refractivity contribution in [2.24, 2.45) is 0 Å². The molecule has 0 unspecified atom stereocenters. The van der Waals surface area contributed by atoms with Crippen molar-refractivity contribution in [1.29, 1.82) is 0 Å². The number of nitrogens with zero attached hydrogens (tertiary/aromatic N) is 6. The van der Waals surface area contributed by atoms with Crippen molar-refractivity contribution in [2.45, 2.75) is 46.6 Å². The standard InChI is InChI=1S/C27H31ClN7O3P/c1-4-7-15-24-29-25(28)27(39(36,37-5-2)38-6-3)35(24)18-19-11-10-14-22-20(19)16-17-34(22)23-13-9-8-12-21(23)26-30-32-33-31-26/h8-14,16-17H,4-7,15,18H2,1-3H3,(H,30,31,32,33). The molecule has 0 saturated heterocycles. The van der Waals surface area contributed by atoms with E-state index in [1.54, 1.807) is 13.8 Å². The Labute approximate surface area is 231 Å². The zero-order valence-corrected chi connectivity index (χ0v) is 23.8. The number of hydrogen-bond donors (Lipinski definition) is 1. The van der Waals surface area contributed by atoms with Gasteiger partial charge in [-0.3, -0.25) is 4.57 Å². The molecule has 1 N–H and O–H groups in total. The van der Waals surface area contributed by atoms with E-state index in [1.807, 2.05) is 41.1 Å². The molecule has 0 aliphatic carbocycles. The number of unbranched alkanes of at least 4 members (excludes halogenated alkanes) is 1. The Morgan fingerprint density at radius 3 is 2.54 bits per heavy atom. The summed E-state index contributed by atoms with van der Waals surface area (Å²) < 4.78 is 29.3. The Kier molecular flexibility index (Phi) is 8.28. The summed E-state index contributed by atoms with van der Waals surface area (Å²) in [7, 11) is -3.69. The van der Waals surface area contributed by atoms with Crippen LogP contribution in [0.15, 0.2) is 54.7 Å². The second-order valence-corrected chi connectivity index (χ2v) is 11.2. The molecule has 3 heterocycles. The highest BCUT2D eigenvalue weighted by atomic mass is 35.5. The summed E-state index contributed by atoms with van der Waals surface area (Å²) in [4.78, 5) is 4.62. The lowest BCUT2D eigenvalue weighted by Crippen LogP contribution is -2.23. The summed E-state index contributed by atoms with van der Waals surface area (Å²) in [6.07, 6.45) is 4.64. The van der Waals surface area contributed by atoms with Gasteiger partial charge in [0.05, 0.1) is 31.0 Å². The number of halogens is 1. The van der Waals surface area contributed by atoms with Crippen molar-refractivity contribution in [3.63, 3.8) is 0 Å². The largest absolute Gasteiger partial charge is 0.380 e. The van der Waals surface area contributed by atoms with Gasteiger partial charge in [0.1, 0.15) is 5.82 Å². The van der Waals surface area contributed by atoms with Crippen LogP contribution in [0.25, 0.3) is 28.0 Å². The van der Waals surface area contributed by atoms with Crippen LogP contribution < -0.4 is 5.44 Å². The quantitative estimate of drug-likeness (QED) is 0.186. The van der Waals surface area contributed by atoms with Crippen molar-refractivity contribution in [2.75, 3.05) is 13.2 Å². The summed E-state index contributed by atoms with van der Waals surface area (Å²) in [6.45, 7) is 6.55. The molecule has 0 saturated carbocycles. The smallest absolute Gasteiger partial charge is 0.316 e. The molecular formula is C27H31ClN7O3P. The second kappa shape index (κ2) is 11.8. The van der Waals surface area contributed by atoms with E-state index >= 15 is 0 Å². The van der Waals surface area contributed by atoms with Crippen molar-refractivity contribution in [3.8, 4) is 17.1 Å². The maximum Gasteiger partial charge on any atom is 0.380 e. The van der Waals surface area contributed by atoms with Gasteiger partial charge >= 0.3 is 7.60 Å². The molecule has 0 aliphatic rings. The maximum atomic E-state index is 13.9. The molecule has 39 heavy (non-hydrogen) atoms. The third kappa shape index (κ3) is 5.30. The maximum absolute atomic E-state index is 13.9. The van der Waals surface area contributed by atoms with Gasteiger partial charge in [0, 0.05) is 23.6 Å². The van der Waals surface area contributed by atoms with Crippen molar-refractivity contribution in [3.05, 3.63) is 71.3 Å². The number of aryl methyl sites for hydroxylation is 1. The Morgan fingerprint density at radius 1 is 1.03 bits per heavy atom. The zero-order valence-electron chi connectivity index (χ0n) is 22.2. The highest BCUT2D eigenvalue weighted by Crippen LogP contribution is 2.49. The van der Waals surface area contributed by atoms with E-state index in [-0.39, 0.29) is 18.4 Å². The van der Waals surface area contributed by atoms with Crippen molar-refractivity contribution >= 4 is 35.5 Å². The molecule has 10 nitrogen and oxygen atoms in total. The molecule has 0 atom stereocenters. The van der Waals surface area contributed by atoms with E-state index in [9.17, 15) is 4.57 Å². The topological polar surface area (TPSA) is 113 Å². The first-order chi connectivity index (χ1) is 19.0. The molecule has 5 rings (SSSR count). The Morgan fingerprint density at radius 2 is 1.82 bits per heavy atom. The average Bonchev–Trinajstić information content (AvgIpc) is 3.68. The third-order valence-corrected chi connectivity index (χ3v) is 9.06. The monoisotopic (exact) mass is 567 g/mol. The minimum Gasteiger partial charge on any atom is -0.316 e. The molecule has 5 aromatic rings. The highest BCUT2D eigenvalue weighted by Gasteiger charge is 2.36. The minimum absolute atomic E-state index is 0.158. The van der Waals surface area contributed by atoms with Gasteiger partial charge in [0.15, 0.2) is 10.6 Å². The first kappa shape index (κ1) is 27.3. The molecule has 204 valence electrons. The predicted molar refractivity (Wildman–Crippen MR) is 152 cm³/mol. The molecule has 3 aromatic heterocycles. The zero-order chi connectivity index (χ0) is 27.4. The molecule has 0 spiro atoms. The van der Waals surface area contributed by atoms with Gasteiger partial charge < -0.3 is 18.2 Å². The number of hydrogen-bond acceptors (Lipinski definition) is 7. The van der Waals surface area contributed by atoms with Crippen LogP contribution in [0.1, 0.15) is 45.0 Å². The lowest BCUT2D eigenvalue weighted by atomic mass is 10.1. The van der Waals surface area contributed by atoms with Crippen LogP contribution in [0.5, 0.6) is 0 Å². The van der Waals surface area contributed by atoms with Gasteiger partial charge in [-0.25, -0.2) is 4.98 Å². The summed E-state index contributed by atoms with van der Waals surface area (Å²) in [5.74, 6) is 1.28. The molecular weight excluding hydrogens is 537 g/mol. The molecule has 0 amide bonds. The summed E-state index contributed by atoms with van der Waals surface area (Å²) in [5, 5.41) is 15.8. The summed E-state index contributed by atoms with van der Waals surface area (Å²) in [5.41, 5.74) is 4.12. The lowest BCUT2D eigenvalue weighted by Gasteiger charge is -2.20. The first-order valence-electron chi connectivity index (χ1n) is 13.1. The van der Waals surface area contributed by atoms with Crippen LogP contribution in [0.2, 0.25) is 5.15 Å². The van der Waals surface area contributed by atoms with E-state index in [0.29, 0.717) is 24.2 Å². The van der Waals surface area contributed by atoms with E-state index < -0.39 is 7.60 Å². The van der Waals surface area contributed by atoms with E-state index in [1.165, 1.54) is 0 Å². The minimum atomic E-state index is -3.69. The number of H-pyrrole nitrogens is 1. The fourth-order valence-corrected chi connectivity index (χ4v) is 7.07. The summed E-state index contributed by atoms with van der Waals surface area (Å²) >= 11 is 6.63. The van der Waals surface area contributed by atoms with E-state index in [4.69, 9.17) is 20.6 Å². The number of fused-ring (bicyclic) bond motifs is 1. The number of imidazole rings is 1. The van der Waals surface area contributed by atoms with Crippen LogP contribution in [-0.4, -0.2) is 48.0 Å². The van der Waals surface area contributed by atoms with Crippen LogP contribution in [0.3, 0.4) is 0 Å². The molecule has 0 bridgehead atoms. The van der Waals surface area contributed by atoms with E-state index in [2.05, 4.69) is 55.3 Å². The van der Waals surface area contributed by atoms with Gasteiger partial charge in [-0.1, -0.05) is 49.2 Å². The van der Waals surface area contributed by atoms with Gasteiger partial charge in [-0.05, 0) is 55.3 Å². The summed E-state index contributed by atoms with van der Waals surface area (Å²) in [6, 6.07) is 16.1. The van der Waals surface area contributed by atoms with Crippen LogP contribution in [0.4, 0.5) is 0 Å². The number of rotatable bonds is 12. The van der Waals surface area contributed by atoms with Crippen LogP contribution in [0, 0.1) is 0 Å². The van der Waals surface area contributed by atoms with Gasteiger partial charge in [-0.15, -0.1) is 10.2 Å². The fourth-order valence-electron chi connectivity index (χ4n) is 4.81. The van der Waals surface area contributed by atoms with Crippen LogP contribution >= 0.6 is 19.2 Å². The molecule has 0 radical (unpaired) electrons. The number of aromatic nitrogens is 7. The fraction of sp³-hybridized carbons (Fsp3) is 0.333. The number of benzene rings is 2. The van der Waals surface area contributed by atoms with E-state index in [0.717, 1.165) is 46.4 Å². The predicted octanol–water partition coefficient (Wildman–Crippen LogP) is 5.94. The number of para-hydroxylation sites is 1. The molecule has 0 aliphatic heterocycles. The Bertz CT molecular complexity index is 1600. The van der Waals surface area contributed by atoms with Crippen LogP contribution in [-0.2, 0) is 26.6 Å². The SMILES string of the molecule is CCCCc1nc(Cl)c(P(=O)(OCC)OCC)n1Cc1cccc2c1ccn2-c1ccccc1-c1nn[nH]n1. The molecule has 12 heteroatoms. The number of aromatic amines is 1. The first-order valence-corrected chi connectivity index (χ1v) is 15.0. The van der Waals surface area contributed by atoms with Crippen molar-refractivity contribution < 1.29 is 13.6 Å². The second-order valence-electron chi connectivity index (χ2n) is 8.95. The third-order valence-electron chi connectivity index (χ3n) is 6.49. The number of nitrogens with one attached hydrogen (secondary N) is 1. The van der Waals surface area contributed by atoms with Gasteiger partial charge in [-0.2, -0.15) is 5.21 Å². The average molecular weight is 568 g/mol. The lowest BCUT2D eigenvalue weighted by molar-refractivity contribution is 0.228. The normalized spacial score (nSPS) is 12.0. The van der Waals surface area contributed by atoms with Gasteiger partial charge in [0.25, 0.3) is 0 Å².